The van der Waals surface area contributed by atoms with Gasteiger partial charge in [-0.25, -0.2) is 9.19 Å². The first-order valence-corrected chi connectivity index (χ1v) is 11.6. The van der Waals surface area contributed by atoms with E-state index in [1.807, 2.05) is 0 Å². The number of amides is 1. The van der Waals surface area contributed by atoms with Crippen molar-refractivity contribution in [2.45, 2.75) is 18.1 Å². The van der Waals surface area contributed by atoms with Crippen LogP contribution < -0.4 is 0 Å². The Kier molecular flexibility index (Phi) is 5.91. The lowest BCUT2D eigenvalue weighted by Gasteiger charge is -2.07. The van der Waals surface area contributed by atoms with Gasteiger partial charge in [0.05, 0.1) is 26.7 Å². The van der Waals surface area contributed by atoms with Gasteiger partial charge in [0.15, 0.2) is 0 Å². The number of pyridine rings is 1. The minimum Gasteiger partial charge on any atom is -0.329 e. The molecule has 0 aliphatic heterocycles. The lowest BCUT2D eigenvalue weighted by atomic mass is 10.1. The number of nitrogens with zero attached hydrogens (tertiary/aromatic N) is 5. The lowest BCUT2D eigenvalue weighted by Crippen LogP contribution is -2.09. The molecule has 1 unspecified atom stereocenters. The van der Waals surface area contributed by atoms with E-state index in [4.69, 9.17) is 0 Å². The number of halogens is 6. The van der Waals surface area contributed by atoms with Crippen molar-refractivity contribution in [3.8, 4) is 11.4 Å². The predicted molar refractivity (Wildman–Crippen MR) is 109 cm³/mol. The first-order chi connectivity index (χ1) is 16.2. The van der Waals surface area contributed by atoms with Crippen molar-refractivity contribution >= 4 is 21.3 Å². The summed E-state index contributed by atoms with van der Waals surface area (Å²) >= 11 is 0. The van der Waals surface area contributed by atoms with Gasteiger partial charge in [-0.2, -0.15) is 35.7 Å². The molecule has 0 bridgehead atoms. The molecule has 15 heteroatoms. The van der Waals surface area contributed by atoms with E-state index < -0.39 is 39.4 Å². The van der Waals surface area contributed by atoms with Crippen LogP contribution in [0.1, 0.15) is 27.5 Å². The van der Waals surface area contributed by atoms with E-state index in [0.29, 0.717) is 6.07 Å². The summed E-state index contributed by atoms with van der Waals surface area (Å²) in [5.74, 6) is -3.21. The molecule has 0 N–H and O–H groups in total. The maximum Gasteiger partial charge on any atom is 0.471 e. The van der Waals surface area contributed by atoms with Crippen LogP contribution in [-0.4, -0.2) is 35.9 Å². The number of carbonyl (C=O) groups excluding carboxylic acids is 1. The molecule has 0 aliphatic rings. The maximum absolute atomic E-state index is 12.9. The van der Waals surface area contributed by atoms with Gasteiger partial charge >= 0.3 is 18.2 Å². The highest BCUT2D eigenvalue weighted by atomic mass is 32.2. The van der Waals surface area contributed by atoms with E-state index in [0.717, 1.165) is 24.5 Å². The molecule has 1 atom stereocenters. The van der Waals surface area contributed by atoms with Crippen LogP contribution in [0.15, 0.2) is 57.7 Å². The summed E-state index contributed by atoms with van der Waals surface area (Å²) in [6, 6.07) is 6.37. The zero-order chi connectivity index (χ0) is 25.6. The molecule has 0 spiro atoms. The van der Waals surface area contributed by atoms with Crippen molar-refractivity contribution in [3.63, 3.8) is 0 Å². The zero-order valence-corrected chi connectivity index (χ0v) is 18.3. The van der Waals surface area contributed by atoms with Crippen molar-refractivity contribution in [2.24, 2.45) is 4.36 Å². The fraction of sp³-hybridized carbons (Fsp3) is 0.200. The third-order valence-electron chi connectivity index (χ3n) is 4.57. The minimum absolute atomic E-state index is 0.176. The molecular formula is C20H13F6N5O3S. The van der Waals surface area contributed by atoms with E-state index in [2.05, 4.69) is 24.0 Å². The van der Waals surface area contributed by atoms with Crippen LogP contribution in [0.4, 0.5) is 26.3 Å². The van der Waals surface area contributed by atoms with E-state index in [1.54, 1.807) is 0 Å². The van der Waals surface area contributed by atoms with Gasteiger partial charge in [-0.1, -0.05) is 11.2 Å². The van der Waals surface area contributed by atoms with E-state index in [1.165, 1.54) is 28.9 Å². The van der Waals surface area contributed by atoms with Gasteiger partial charge in [-0.3, -0.25) is 4.79 Å². The van der Waals surface area contributed by atoms with Crippen LogP contribution in [0.2, 0.25) is 0 Å². The number of alkyl halides is 6. The molecule has 4 aromatic rings. The van der Waals surface area contributed by atoms with Crippen LogP contribution in [-0.2, 0) is 27.8 Å². The predicted octanol–water partition coefficient (Wildman–Crippen LogP) is 4.86. The fourth-order valence-corrected chi connectivity index (χ4v) is 4.27. The third kappa shape index (κ3) is 5.50. The Bertz CT molecular complexity index is 1550. The summed E-state index contributed by atoms with van der Waals surface area (Å²) in [7, 11) is -3.25. The number of rotatable bonds is 4. The van der Waals surface area contributed by atoms with Crippen LogP contribution in [0, 0.1) is 0 Å². The van der Waals surface area contributed by atoms with Gasteiger partial charge in [0.2, 0.25) is 5.82 Å². The van der Waals surface area contributed by atoms with Crippen molar-refractivity contribution in [2.75, 3.05) is 6.26 Å². The van der Waals surface area contributed by atoms with Crippen molar-refractivity contribution in [3.05, 3.63) is 71.5 Å². The molecule has 0 aliphatic carbocycles. The standard InChI is InChI=1S/C20H13F6N5O3S/c1-35(33,30-17(32)12-3-2-4-13(7-12)19(21,22)23)10-14-9-31-6-5-11(8-15(31)27-14)16-28-18(34-29-16)20(24,25)26/h2-9H,10H2,1H3. The molecule has 8 nitrogen and oxygen atoms in total. The SMILES string of the molecule is CS(=O)(Cc1cn2ccc(-c3noc(C(F)(F)F)n3)cc2n1)=NC(=O)c1cccc(C(F)(F)F)c1. The zero-order valence-electron chi connectivity index (χ0n) is 17.5. The molecular weight excluding hydrogens is 504 g/mol. The molecule has 3 heterocycles. The Morgan fingerprint density at radius 1 is 1.09 bits per heavy atom. The maximum atomic E-state index is 12.9. The van der Waals surface area contributed by atoms with E-state index in [9.17, 15) is 35.3 Å². The Labute approximate surface area is 192 Å². The molecule has 0 saturated heterocycles. The Hall–Kier alpha value is -3.75. The molecule has 4 rings (SSSR count). The van der Waals surface area contributed by atoms with Gasteiger partial charge in [-0.05, 0) is 30.3 Å². The van der Waals surface area contributed by atoms with Gasteiger partial charge in [0, 0.05) is 29.8 Å². The number of carbonyl (C=O) groups is 1. The Morgan fingerprint density at radius 3 is 2.49 bits per heavy atom. The summed E-state index contributed by atoms with van der Waals surface area (Å²) in [5.41, 5.74) is -0.765. The topological polar surface area (TPSA) is 103 Å². The molecule has 184 valence electrons. The van der Waals surface area contributed by atoms with Crippen LogP contribution >= 0.6 is 0 Å². The summed E-state index contributed by atoms with van der Waals surface area (Å²) < 4.78 is 98.8. The number of hydrogen-bond donors (Lipinski definition) is 0. The van der Waals surface area contributed by atoms with Crippen molar-refractivity contribution in [1.82, 2.24) is 19.5 Å². The first kappa shape index (κ1) is 24.4. The van der Waals surface area contributed by atoms with Crippen LogP contribution in [0.3, 0.4) is 0 Å². The Morgan fingerprint density at radius 2 is 1.83 bits per heavy atom. The molecule has 0 fully saturated rings. The lowest BCUT2D eigenvalue weighted by molar-refractivity contribution is -0.159. The quantitative estimate of drug-likeness (QED) is 0.358. The average Bonchev–Trinajstić information content (AvgIpc) is 3.38. The van der Waals surface area contributed by atoms with Gasteiger partial charge in [0.1, 0.15) is 5.65 Å². The molecule has 1 amide bonds. The molecule has 0 saturated carbocycles. The second kappa shape index (κ2) is 8.48. The van der Waals surface area contributed by atoms with E-state index in [-0.39, 0.29) is 34.0 Å². The largest absolute Gasteiger partial charge is 0.471 e. The Balaban J connectivity index is 1.58. The van der Waals surface area contributed by atoms with Crippen LogP contribution in [0.25, 0.3) is 17.0 Å². The highest BCUT2D eigenvalue weighted by molar-refractivity contribution is 7.92. The smallest absolute Gasteiger partial charge is 0.329 e. The highest BCUT2D eigenvalue weighted by Gasteiger charge is 2.38. The number of hydrogen-bond acceptors (Lipinski definition) is 6. The third-order valence-corrected chi connectivity index (χ3v) is 5.95. The number of aromatic nitrogens is 4. The average molecular weight is 517 g/mol. The highest BCUT2D eigenvalue weighted by Crippen LogP contribution is 2.30. The van der Waals surface area contributed by atoms with Gasteiger partial charge < -0.3 is 8.92 Å². The summed E-state index contributed by atoms with van der Waals surface area (Å²) in [5, 5.41) is 3.30. The monoisotopic (exact) mass is 517 g/mol. The van der Waals surface area contributed by atoms with Gasteiger partial charge in [-0.15, -0.1) is 0 Å². The second-order valence-electron chi connectivity index (χ2n) is 7.41. The van der Waals surface area contributed by atoms with Crippen LogP contribution in [0.5, 0.6) is 0 Å². The first-order valence-electron chi connectivity index (χ1n) is 9.52. The summed E-state index contributed by atoms with van der Waals surface area (Å²) in [6.07, 6.45) is -5.38. The second-order valence-corrected chi connectivity index (χ2v) is 9.80. The minimum atomic E-state index is -4.80. The van der Waals surface area contributed by atoms with Crippen molar-refractivity contribution in [1.29, 1.82) is 0 Å². The number of benzene rings is 1. The number of imidazole rings is 1. The molecule has 0 radical (unpaired) electrons. The summed E-state index contributed by atoms with van der Waals surface area (Å²) in [4.78, 5) is 19.9. The van der Waals surface area contributed by atoms with Gasteiger partial charge in [0.25, 0.3) is 5.91 Å². The molecule has 3 aromatic heterocycles. The molecule has 1 aromatic carbocycles. The van der Waals surface area contributed by atoms with E-state index >= 15 is 0 Å². The molecule has 35 heavy (non-hydrogen) atoms. The fourth-order valence-electron chi connectivity index (χ4n) is 3.06. The van der Waals surface area contributed by atoms with Crippen molar-refractivity contribution < 1.29 is 39.9 Å². The normalized spacial score (nSPS) is 14.1. The summed E-state index contributed by atoms with van der Waals surface area (Å²) in [6.45, 7) is 0. The number of fused-ring (bicyclic) bond motifs is 1.